The van der Waals surface area contributed by atoms with Crippen LogP contribution in [0.2, 0.25) is 0 Å². The van der Waals surface area contributed by atoms with Crippen LogP contribution in [0.3, 0.4) is 0 Å². The molecule has 37 heavy (non-hydrogen) atoms. The first-order valence-corrected chi connectivity index (χ1v) is 12.7. The molecule has 0 aliphatic carbocycles. The van der Waals surface area contributed by atoms with Gasteiger partial charge in [0.25, 0.3) is 0 Å². The molecule has 11 nitrogen and oxygen atoms in total. The summed E-state index contributed by atoms with van der Waals surface area (Å²) in [4.78, 5) is 28.7. The predicted octanol–water partition coefficient (Wildman–Crippen LogP) is 3.84. The van der Waals surface area contributed by atoms with E-state index < -0.39 is 10.0 Å². The van der Waals surface area contributed by atoms with Crippen molar-refractivity contribution >= 4 is 56.6 Å². The molecule has 2 aromatic carbocycles. The molecule has 0 unspecified atom stereocenters. The minimum Gasteiger partial charge on any atom is -0.495 e. The zero-order valence-corrected chi connectivity index (χ0v) is 21.3. The molecule has 0 bridgehead atoms. The molecule has 190 valence electrons. The van der Waals surface area contributed by atoms with Gasteiger partial charge in [0.2, 0.25) is 16.0 Å². The van der Waals surface area contributed by atoms with Crippen molar-refractivity contribution in [2.75, 3.05) is 24.8 Å². The average molecular weight is 520 g/mol. The van der Waals surface area contributed by atoms with Gasteiger partial charge in [-0.3, -0.25) is 14.8 Å². The number of aryl methyl sites for hydroxylation is 1. The third-order valence-corrected chi connectivity index (χ3v) is 7.13. The topological polar surface area (TPSA) is 148 Å². The molecular formula is C25H25N7O4S. The first kappa shape index (κ1) is 25.7. The van der Waals surface area contributed by atoms with Crippen molar-refractivity contribution in [1.29, 1.82) is 0 Å². The van der Waals surface area contributed by atoms with Crippen LogP contribution < -0.4 is 20.1 Å². The maximum Gasteiger partial charge on any atom is 0.244 e. The van der Waals surface area contributed by atoms with Crippen LogP contribution in [0.15, 0.2) is 54.3 Å². The van der Waals surface area contributed by atoms with Gasteiger partial charge in [-0.25, -0.2) is 18.1 Å². The molecule has 3 N–H and O–H groups in total. The second-order valence-corrected chi connectivity index (χ2v) is 9.57. The lowest BCUT2D eigenvalue weighted by Gasteiger charge is -2.16. The van der Waals surface area contributed by atoms with E-state index in [1.54, 1.807) is 36.5 Å². The molecule has 12 heteroatoms. The normalized spacial score (nSPS) is 11.2. The maximum atomic E-state index is 12.9. The molecule has 0 radical (unpaired) electrons. The van der Waals surface area contributed by atoms with E-state index in [1.807, 2.05) is 6.92 Å². The van der Waals surface area contributed by atoms with Crippen molar-refractivity contribution in [3.63, 3.8) is 0 Å². The van der Waals surface area contributed by atoms with Crippen molar-refractivity contribution < 1.29 is 17.9 Å². The van der Waals surface area contributed by atoms with E-state index in [4.69, 9.17) is 4.74 Å². The van der Waals surface area contributed by atoms with Crippen LogP contribution in [0.1, 0.15) is 28.4 Å². The summed E-state index contributed by atoms with van der Waals surface area (Å²) >= 11 is 0. The zero-order chi connectivity index (χ0) is 26.6. The summed E-state index contributed by atoms with van der Waals surface area (Å²) < 4.78 is 33.7. The van der Waals surface area contributed by atoms with Gasteiger partial charge < -0.3 is 15.4 Å². The number of hydrogen-bond acceptors (Lipinski definition) is 10. The molecule has 0 amide bonds. The van der Waals surface area contributed by atoms with Crippen LogP contribution in [0.4, 0.5) is 23.1 Å². The summed E-state index contributed by atoms with van der Waals surface area (Å²) in [6, 6.07) is 6.72. The Morgan fingerprint density at radius 3 is 2.51 bits per heavy atom. The number of aromatic nitrogens is 4. The van der Waals surface area contributed by atoms with Crippen LogP contribution >= 0.6 is 0 Å². The molecule has 0 fully saturated rings. The Morgan fingerprint density at radius 2 is 1.84 bits per heavy atom. The lowest BCUT2D eigenvalue weighted by atomic mass is 10.0. The second kappa shape index (κ2) is 10.7. The first-order chi connectivity index (χ1) is 17.8. The van der Waals surface area contributed by atoms with Gasteiger partial charge in [0.05, 0.1) is 24.0 Å². The smallest absolute Gasteiger partial charge is 0.244 e. The number of carbonyl (C=O) groups excluding carboxylic acids is 1. The van der Waals surface area contributed by atoms with Crippen molar-refractivity contribution in [3.8, 4) is 5.75 Å². The molecule has 2 aromatic heterocycles. The highest BCUT2D eigenvalue weighted by Gasteiger charge is 2.23. The highest BCUT2D eigenvalue weighted by atomic mass is 32.2. The molecule has 0 saturated carbocycles. The number of methoxy groups -OCH3 is 1. The van der Waals surface area contributed by atoms with E-state index in [-0.39, 0.29) is 22.0 Å². The summed E-state index contributed by atoms with van der Waals surface area (Å²) in [7, 11) is -1.10. The van der Waals surface area contributed by atoms with Gasteiger partial charge >= 0.3 is 0 Å². The van der Waals surface area contributed by atoms with Crippen LogP contribution in [-0.2, 0) is 16.4 Å². The molecule has 4 aromatic rings. The highest BCUT2D eigenvalue weighted by Crippen LogP contribution is 2.33. The van der Waals surface area contributed by atoms with Crippen LogP contribution in [-0.4, -0.2) is 48.8 Å². The summed E-state index contributed by atoms with van der Waals surface area (Å²) in [5, 5.41) is 6.22. The fourth-order valence-corrected chi connectivity index (χ4v) is 4.78. The Morgan fingerprint density at radius 1 is 1.05 bits per heavy atom. The Hall–Kier alpha value is -4.42. The molecule has 0 aliphatic heterocycles. The molecule has 0 aliphatic rings. The number of hydrogen-bond donors (Lipinski definition) is 3. The Bertz CT molecular complexity index is 1610. The van der Waals surface area contributed by atoms with Crippen LogP contribution in [0.25, 0.3) is 17.1 Å². The minimum absolute atomic E-state index is 0.0672. The van der Waals surface area contributed by atoms with Crippen LogP contribution in [0, 0.1) is 0 Å². The number of aldehydes is 1. The van der Waals surface area contributed by atoms with Gasteiger partial charge in [0.1, 0.15) is 28.3 Å². The SMILES string of the molecule is C=Cc1cnc(Nc2cc(CC)c(C=O)cc2OC)nc1Nc1ccc2nccnc2c1S(=O)(=O)NC. The fourth-order valence-electron chi connectivity index (χ4n) is 3.76. The number of ether oxygens (including phenoxy) is 1. The third kappa shape index (κ3) is 5.10. The third-order valence-electron chi connectivity index (χ3n) is 5.64. The molecular weight excluding hydrogens is 494 g/mol. The number of nitrogens with one attached hydrogen (secondary N) is 3. The lowest BCUT2D eigenvalue weighted by Crippen LogP contribution is -2.20. The van der Waals surface area contributed by atoms with Crippen molar-refractivity contribution in [3.05, 3.63) is 66.1 Å². The van der Waals surface area contributed by atoms with E-state index in [1.165, 1.54) is 26.6 Å². The maximum absolute atomic E-state index is 12.9. The summed E-state index contributed by atoms with van der Waals surface area (Å²) in [6.07, 6.45) is 7.44. The molecule has 0 saturated heterocycles. The second-order valence-electron chi connectivity index (χ2n) is 7.75. The number of benzene rings is 2. The van der Waals surface area contributed by atoms with Gasteiger partial charge in [-0.2, -0.15) is 4.98 Å². The van der Waals surface area contributed by atoms with Gasteiger partial charge in [-0.15, -0.1) is 0 Å². The largest absolute Gasteiger partial charge is 0.495 e. The average Bonchev–Trinajstić information content (AvgIpc) is 2.92. The summed E-state index contributed by atoms with van der Waals surface area (Å²) in [5.74, 6) is 0.967. The predicted molar refractivity (Wildman–Crippen MR) is 142 cm³/mol. The van der Waals surface area contributed by atoms with Gasteiger partial charge in [-0.1, -0.05) is 19.6 Å². The number of sulfonamides is 1. The van der Waals surface area contributed by atoms with Crippen molar-refractivity contribution in [2.24, 2.45) is 0 Å². The quantitative estimate of drug-likeness (QED) is 0.264. The minimum atomic E-state index is -3.92. The van der Waals surface area contributed by atoms with Gasteiger partial charge in [-0.05, 0) is 43.3 Å². The van der Waals surface area contributed by atoms with Gasteiger partial charge in [0, 0.05) is 29.7 Å². The van der Waals surface area contributed by atoms with Crippen LogP contribution in [0.5, 0.6) is 5.75 Å². The Kier molecular flexibility index (Phi) is 7.41. The molecule has 0 spiro atoms. The number of anilines is 4. The van der Waals surface area contributed by atoms with E-state index in [0.29, 0.717) is 40.3 Å². The summed E-state index contributed by atoms with van der Waals surface area (Å²) in [5.41, 5.74) is 3.36. The zero-order valence-electron chi connectivity index (χ0n) is 20.4. The number of nitrogens with zero attached hydrogens (tertiary/aromatic N) is 4. The molecule has 4 rings (SSSR count). The van der Waals surface area contributed by atoms with Crippen molar-refractivity contribution in [2.45, 2.75) is 18.2 Å². The highest BCUT2D eigenvalue weighted by molar-refractivity contribution is 7.89. The molecule has 2 heterocycles. The van der Waals surface area contributed by atoms with E-state index >= 15 is 0 Å². The van der Waals surface area contributed by atoms with Crippen molar-refractivity contribution in [1.82, 2.24) is 24.7 Å². The number of rotatable bonds is 10. The van der Waals surface area contributed by atoms with Gasteiger partial charge in [0.15, 0.2) is 0 Å². The Labute approximate surface area is 214 Å². The van der Waals surface area contributed by atoms with E-state index in [0.717, 1.165) is 11.8 Å². The number of carbonyl (C=O) groups is 1. The number of fused-ring (bicyclic) bond motifs is 1. The van der Waals surface area contributed by atoms with E-state index in [2.05, 4.69) is 41.9 Å². The van der Waals surface area contributed by atoms with E-state index in [9.17, 15) is 13.2 Å². The summed E-state index contributed by atoms with van der Waals surface area (Å²) in [6.45, 7) is 5.75. The Balaban J connectivity index is 1.80. The first-order valence-electron chi connectivity index (χ1n) is 11.2. The standard InChI is InChI=1S/C25H25N7O4S/c1-5-15-11-20(21(36-4)12-17(15)14-33)31-25-29-13-16(6-2)24(32-25)30-19-8-7-18-22(28-10-9-27-18)23(19)37(34,35)26-3/h6-14,26H,2,5H2,1,3-4H3,(H2,29,30,31,32). The fraction of sp³-hybridized carbons (Fsp3) is 0.160. The molecule has 0 atom stereocenters. The monoisotopic (exact) mass is 519 g/mol. The lowest BCUT2D eigenvalue weighted by molar-refractivity contribution is 0.112.